The monoisotopic (exact) mass is 458 g/mol. The number of pyridine rings is 1. The lowest BCUT2D eigenvalue weighted by Gasteiger charge is -2.43. The highest BCUT2D eigenvalue weighted by atomic mass is 19.1. The van der Waals surface area contributed by atoms with Gasteiger partial charge in [0.25, 0.3) is 0 Å². The zero-order valence-corrected chi connectivity index (χ0v) is 19.4. The highest BCUT2D eigenvalue weighted by Crippen LogP contribution is 2.31. The number of amides is 2. The molecular formula is C24H31FN4O4. The van der Waals surface area contributed by atoms with Crippen LogP contribution in [0.25, 0.3) is 11.3 Å². The van der Waals surface area contributed by atoms with Crippen molar-refractivity contribution < 1.29 is 23.8 Å². The number of nitrogens with zero attached hydrogens (tertiary/aromatic N) is 2. The first-order valence-electron chi connectivity index (χ1n) is 10.9. The summed E-state index contributed by atoms with van der Waals surface area (Å²) in [6.45, 7) is 5.80. The lowest BCUT2D eigenvalue weighted by Crippen LogP contribution is -2.66. The maximum atomic E-state index is 13.6. The standard InChI is InChI=1S/C24H31FN4O4/c1-23(2,3)33-22(32)28-24(21(31)26-4)9-6-10-29(15-24)20-13-27-19(12-17(20)14-30)16-7-5-8-18(25)11-16/h5,7-8,11-13,30H,6,9-10,14-15H2,1-4H3,(H,26,31)(H,28,32). The van der Waals surface area contributed by atoms with Gasteiger partial charge in [-0.05, 0) is 51.8 Å². The molecule has 1 aromatic carbocycles. The van der Waals surface area contributed by atoms with Crippen molar-refractivity contribution >= 4 is 17.7 Å². The summed E-state index contributed by atoms with van der Waals surface area (Å²) in [4.78, 5) is 31.8. The molecule has 1 aromatic heterocycles. The minimum Gasteiger partial charge on any atom is -0.444 e. The molecule has 2 aromatic rings. The van der Waals surface area contributed by atoms with Crippen LogP contribution in [-0.4, -0.2) is 53.4 Å². The van der Waals surface area contributed by atoms with E-state index in [4.69, 9.17) is 4.74 Å². The van der Waals surface area contributed by atoms with E-state index in [9.17, 15) is 19.1 Å². The molecule has 0 saturated carbocycles. The number of carbonyl (C=O) groups is 2. The van der Waals surface area contributed by atoms with Crippen LogP contribution in [0.5, 0.6) is 0 Å². The zero-order valence-electron chi connectivity index (χ0n) is 19.4. The number of hydrogen-bond donors (Lipinski definition) is 3. The van der Waals surface area contributed by atoms with E-state index in [-0.39, 0.29) is 24.9 Å². The van der Waals surface area contributed by atoms with Crippen LogP contribution in [0.3, 0.4) is 0 Å². The van der Waals surface area contributed by atoms with Gasteiger partial charge in [-0.2, -0.15) is 0 Å². The highest BCUT2D eigenvalue weighted by Gasteiger charge is 2.44. The number of carbonyl (C=O) groups excluding carboxylic acids is 2. The van der Waals surface area contributed by atoms with Crippen LogP contribution < -0.4 is 15.5 Å². The summed E-state index contributed by atoms with van der Waals surface area (Å²) in [7, 11) is 1.52. The predicted octanol–water partition coefficient (Wildman–Crippen LogP) is 2.99. The van der Waals surface area contributed by atoms with E-state index in [0.717, 1.165) is 0 Å². The number of halogens is 1. The van der Waals surface area contributed by atoms with E-state index in [2.05, 4.69) is 15.6 Å². The number of aliphatic hydroxyl groups excluding tert-OH is 1. The summed E-state index contributed by atoms with van der Waals surface area (Å²) < 4.78 is 19.0. The number of benzene rings is 1. The molecule has 9 heteroatoms. The average molecular weight is 459 g/mol. The molecule has 33 heavy (non-hydrogen) atoms. The number of aliphatic hydroxyl groups is 1. The second-order valence-corrected chi connectivity index (χ2v) is 9.18. The quantitative estimate of drug-likeness (QED) is 0.637. The van der Waals surface area contributed by atoms with Crippen LogP contribution in [-0.2, 0) is 16.1 Å². The van der Waals surface area contributed by atoms with E-state index < -0.39 is 17.2 Å². The summed E-state index contributed by atoms with van der Waals surface area (Å²) >= 11 is 0. The first-order valence-corrected chi connectivity index (χ1v) is 10.9. The Kier molecular flexibility index (Phi) is 7.22. The van der Waals surface area contributed by atoms with E-state index in [1.165, 1.54) is 19.2 Å². The molecule has 1 aliphatic heterocycles. The average Bonchev–Trinajstić information content (AvgIpc) is 2.76. The van der Waals surface area contributed by atoms with Gasteiger partial charge in [0.2, 0.25) is 5.91 Å². The second kappa shape index (κ2) is 9.74. The predicted molar refractivity (Wildman–Crippen MR) is 123 cm³/mol. The van der Waals surface area contributed by atoms with Crippen LogP contribution in [0.2, 0.25) is 0 Å². The molecule has 0 spiro atoms. The Hall–Kier alpha value is -3.20. The number of anilines is 1. The molecule has 3 rings (SSSR count). The summed E-state index contributed by atoms with van der Waals surface area (Å²) in [5.74, 6) is -0.698. The van der Waals surface area contributed by atoms with Gasteiger partial charge in [0.05, 0.1) is 30.7 Å². The molecule has 8 nitrogen and oxygen atoms in total. The van der Waals surface area contributed by atoms with Gasteiger partial charge in [0, 0.05) is 24.7 Å². The van der Waals surface area contributed by atoms with Gasteiger partial charge in [-0.1, -0.05) is 12.1 Å². The smallest absolute Gasteiger partial charge is 0.408 e. The van der Waals surface area contributed by atoms with E-state index in [1.54, 1.807) is 45.2 Å². The summed E-state index contributed by atoms with van der Waals surface area (Å²) in [6.07, 6.45) is 2.00. The first-order chi connectivity index (χ1) is 15.6. The molecule has 1 fully saturated rings. The van der Waals surface area contributed by atoms with Crippen LogP contribution in [0.15, 0.2) is 36.5 Å². The molecule has 1 saturated heterocycles. The number of likely N-dealkylation sites (N-methyl/N-ethyl adjacent to an activating group) is 1. The fraction of sp³-hybridized carbons (Fsp3) is 0.458. The van der Waals surface area contributed by atoms with Crippen LogP contribution >= 0.6 is 0 Å². The fourth-order valence-electron chi connectivity index (χ4n) is 4.05. The van der Waals surface area contributed by atoms with Gasteiger partial charge in [0.15, 0.2) is 0 Å². The minimum absolute atomic E-state index is 0.180. The summed E-state index contributed by atoms with van der Waals surface area (Å²) in [5.41, 5.74) is 0.461. The van der Waals surface area contributed by atoms with E-state index in [0.29, 0.717) is 41.9 Å². The Morgan fingerprint density at radius 2 is 2.06 bits per heavy atom. The summed E-state index contributed by atoms with van der Waals surface area (Å²) in [5, 5.41) is 15.5. The van der Waals surface area contributed by atoms with Crippen molar-refractivity contribution in [2.24, 2.45) is 0 Å². The highest BCUT2D eigenvalue weighted by molar-refractivity contribution is 5.91. The van der Waals surface area contributed by atoms with Crippen molar-refractivity contribution in [1.82, 2.24) is 15.6 Å². The number of nitrogens with one attached hydrogen (secondary N) is 2. The Balaban J connectivity index is 1.91. The fourth-order valence-corrected chi connectivity index (χ4v) is 4.05. The Morgan fingerprint density at radius 1 is 1.30 bits per heavy atom. The lowest BCUT2D eigenvalue weighted by molar-refractivity contribution is -0.127. The molecule has 2 heterocycles. The van der Waals surface area contributed by atoms with Crippen molar-refractivity contribution in [2.45, 2.75) is 51.4 Å². The van der Waals surface area contributed by atoms with Gasteiger partial charge < -0.3 is 25.4 Å². The zero-order chi connectivity index (χ0) is 24.2. The maximum absolute atomic E-state index is 13.6. The van der Waals surface area contributed by atoms with Crippen molar-refractivity contribution in [1.29, 1.82) is 0 Å². The number of alkyl carbamates (subject to hydrolysis) is 1. The van der Waals surface area contributed by atoms with E-state index >= 15 is 0 Å². The number of hydrogen-bond acceptors (Lipinski definition) is 6. The normalized spacial score (nSPS) is 18.5. The van der Waals surface area contributed by atoms with Crippen LogP contribution in [0, 0.1) is 5.82 Å². The minimum atomic E-state index is -1.21. The third-order valence-corrected chi connectivity index (χ3v) is 5.49. The van der Waals surface area contributed by atoms with Crippen LogP contribution in [0.1, 0.15) is 39.2 Å². The van der Waals surface area contributed by atoms with Crippen molar-refractivity contribution in [3.05, 3.63) is 47.9 Å². The van der Waals surface area contributed by atoms with Gasteiger partial charge >= 0.3 is 6.09 Å². The van der Waals surface area contributed by atoms with Crippen molar-refractivity contribution in [3.63, 3.8) is 0 Å². The first kappa shape index (κ1) is 24.4. The third kappa shape index (κ3) is 5.78. The number of piperidine rings is 1. The molecule has 1 atom stereocenters. The topological polar surface area (TPSA) is 104 Å². The molecule has 178 valence electrons. The Bertz CT molecular complexity index is 1020. The van der Waals surface area contributed by atoms with Gasteiger partial charge in [-0.25, -0.2) is 9.18 Å². The number of rotatable bonds is 5. The Labute approximate surface area is 193 Å². The molecule has 3 N–H and O–H groups in total. The number of ether oxygens (including phenoxy) is 1. The SMILES string of the molecule is CNC(=O)C1(NC(=O)OC(C)(C)C)CCCN(c2cnc(-c3cccc(F)c3)cc2CO)C1. The summed E-state index contributed by atoms with van der Waals surface area (Å²) in [6, 6.07) is 7.79. The van der Waals surface area contributed by atoms with Crippen molar-refractivity contribution in [2.75, 3.05) is 25.0 Å². The van der Waals surface area contributed by atoms with Crippen LogP contribution in [0.4, 0.5) is 14.9 Å². The lowest BCUT2D eigenvalue weighted by atomic mass is 9.87. The second-order valence-electron chi connectivity index (χ2n) is 9.18. The molecule has 0 radical (unpaired) electrons. The van der Waals surface area contributed by atoms with Gasteiger partial charge in [-0.3, -0.25) is 9.78 Å². The molecule has 2 amide bonds. The van der Waals surface area contributed by atoms with E-state index in [1.807, 2.05) is 4.90 Å². The molecule has 1 unspecified atom stereocenters. The maximum Gasteiger partial charge on any atom is 0.408 e. The third-order valence-electron chi connectivity index (χ3n) is 5.49. The molecule has 0 aliphatic carbocycles. The number of aromatic nitrogens is 1. The van der Waals surface area contributed by atoms with Gasteiger partial charge in [0.1, 0.15) is 17.0 Å². The van der Waals surface area contributed by atoms with Crippen molar-refractivity contribution in [3.8, 4) is 11.3 Å². The Morgan fingerprint density at radius 3 is 2.70 bits per heavy atom. The molecule has 0 bridgehead atoms. The largest absolute Gasteiger partial charge is 0.444 e. The molecular weight excluding hydrogens is 427 g/mol. The van der Waals surface area contributed by atoms with Gasteiger partial charge in [-0.15, -0.1) is 0 Å². The molecule has 1 aliphatic rings.